The van der Waals surface area contributed by atoms with Crippen LogP contribution in [0.4, 0.5) is 17.1 Å². The van der Waals surface area contributed by atoms with Crippen LogP contribution in [0.25, 0.3) is 0 Å². The molecule has 6 heteroatoms. The van der Waals surface area contributed by atoms with E-state index in [0.29, 0.717) is 6.61 Å². The van der Waals surface area contributed by atoms with Gasteiger partial charge in [-0.05, 0) is 25.0 Å². The van der Waals surface area contributed by atoms with Gasteiger partial charge in [0.1, 0.15) is 5.69 Å². The maximum absolute atomic E-state index is 10.6. The number of hydrogen-bond acceptors (Lipinski definition) is 5. The highest BCUT2D eigenvalue weighted by Crippen LogP contribution is 2.25. The topological polar surface area (TPSA) is 90.4 Å². The molecule has 1 unspecified atom stereocenters. The minimum absolute atomic E-state index is 0.0598. The third kappa shape index (κ3) is 2.85. The quantitative estimate of drug-likeness (QED) is 0.475. The van der Waals surface area contributed by atoms with E-state index in [1.54, 1.807) is 12.1 Å². The number of ether oxygens (including phenoxy) is 1. The van der Waals surface area contributed by atoms with Crippen LogP contribution in [0.15, 0.2) is 18.2 Å². The fraction of sp³-hybridized carbons (Fsp3) is 0.455. The molecule has 0 bridgehead atoms. The molecule has 2 rings (SSSR count). The summed E-state index contributed by atoms with van der Waals surface area (Å²) < 4.78 is 5.34. The number of hydrogen-bond donors (Lipinski definition) is 2. The summed E-state index contributed by atoms with van der Waals surface area (Å²) in [6, 6.07) is 4.93. The van der Waals surface area contributed by atoms with E-state index in [4.69, 9.17) is 10.5 Å². The Hall–Kier alpha value is -1.82. The first-order valence-corrected chi connectivity index (χ1v) is 5.55. The molecule has 1 aliphatic rings. The highest BCUT2D eigenvalue weighted by Gasteiger charge is 2.15. The van der Waals surface area contributed by atoms with Crippen LogP contribution in [-0.2, 0) is 4.74 Å². The van der Waals surface area contributed by atoms with Gasteiger partial charge < -0.3 is 15.8 Å². The zero-order chi connectivity index (χ0) is 12.3. The van der Waals surface area contributed by atoms with Gasteiger partial charge in [0.15, 0.2) is 0 Å². The number of nitro groups is 1. The normalized spacial score (nSPS) is 19.9. The Labute approximate surface area is 98.9 Å². The fourth-order valence-electron chi connectivity index (χ4n) is 1.90. The predicted molar refractivity (Wildman–Crippen MR) is 65.0 cm³/mol. The highest BCUT2D eigenvalue weighted by atomic mass is 16.6. The van der Waals surface area contributed by atoms with Crippen LogP contribution in [0, 0.1) is 10.1 Å². The molecule has 6 nitrogen and oxygen atoms in total. The Bertz CT molecular complexity index is 416. The Morgan fingerprint density at radius 1 is 1.53 bits per heavy atom. The number of nitrogens with two attached hydrogens (primary N) is 1. The van der Waals surface area contributed by atoms with Crippen LogP contribution < -0.4 is 11.1 Å². The van der Waals surface area contributed by atoms with Crippen molar-refractivity contribution in [1.82, 2.24) is 0 Å². The van der Waals surface area contributed by atoms with Gasteiger partial charge in [-0.2, -0.15) is 0 Å². The van der Waals surface area contributed by atoms with Crippen LogP contribution in [0.1, 0.15) is 12.8 Å². The Morgan fingerprint density at radius 3 is 2.94 bits per heavy atom. The summed E-state index contributed by atoms with van der Waals surface area (Å²) in [5.41, 5.74) is 6.53. The van der Waals surface area contributed by atoms with Crippen LogP contribution in [0.5, 0.6) is 0 Å². The molecule has 0 aliphatic carbocycles. The van der Waals surface area contributed by atoms with Crippen molar-refractivity contribution in [2.45, 2.75) is 18.9 Å². The molecule has 1 aliphatic heterocycles. The average molecular weight is 237 g/mol. The molecule has 92 valence electrons. The molecule has 1 saturated heterocycles. The third-order valence-electron chi connectivity index (χ3n) is 2.76. The summed E-state index contributed by atoms with van der Waals surface area (Å²) in [6.07, 6.45) is 2.07. The lowest BCUT2D eigenvalue weighted by molar-refractivity contribution is -0.383. The number of nitrogens with one attached hydrogen (secondary N) is 1. The number of benzene rings is 1. The molecule has 0 aromatic heterocycles. The van der Waals surface area contributed by atoms with E-state index in [9.17, 15) is 10.1 Å². The van der Waals surface area contributed by atoms with Gasteiger partial charge in [0.25, 0.3) is 5.69 Å². The number of nitro benzene ring substituents is 1. The van der Waals surface area contributed by atoms with Crippen molar-refractivity contribution in [2.24, 2.45) is 0 Å². The first-order chi connectivity index (χ1) is 8.16. The van der Waals surface area contributed by atoms with Gasteiger partial charge in [-0.3, -0.25) is 10.1 Å². The lowest BCUT2D eigenvalue weighted by atomic mass is 10.1. The van der Waals surface area contributed by atoms with E-state index in [1.807, 2.05) is 0 Å². The maximum Gasteiger partial charge on any atom is 0.292 e. The van der Waals surface area contributed by atoms with Gasteiger partial charge in [-0.25, -0.2) is 0 Å². The minimum atomic E-state index is -0.483. The van der Waals surface area contributed by atoms with Crippen LogP contribution in [-0.4, -0.2) is 24.2 Å². The lowest BCUT2D eigenvalue weighted by Crippen LogP contribution is -2.29. The molecule has 0 radical (unpaired) electrons. The van der Waals surface area contributed by atoms with E-state index in [2.05, 4.69) is 5.32 Å². The SMILES string of the molecule is Nc1cc(NC2CCCOC2)ccc1[N+](=O)[O-]. The lowest BCUT2D eigenvalue weighted by Gasteiger charge is -2.24. The molecule has 0 saturated carbocycles. The van der Waals surface area contributed by atoms with Gasteiger partial charge >= 0.3 is 0 Å². The van der Waals surface area contributed by atoms with E-state index in [1.165, 1.54) is 6.07 Å². The van der Waals surface area contributed by atoms with E-state index >= 15 is 0 Å². The van der Waals surface area contributed by atoms with E-state index in [0.717, 1.165) is 25.1 Å². The van der Waals surface area contributed by atoms with Crippen LogP contribution in [0.3, 0.4) is 0 Å². The van der Waals surface area contributed by atoms with Gasteiger partial charge in [-0.1, -0.05) is 0 Å². The van der Waals surface area contributed by atoms with Crippen molar-refractivity contribution >= 4 is 17.1 Å². The summed E-state index contributed by atoms with van der Waals surface area (Å²) >= 11 is 0. The summed E-state index contributed by atoms with van der Waals surface area (Å²) in [4.78, 5) is 10.1. The number of nitrogens with zero attached hydrogens (tertiary/aromatic N) is 1. The van der Waals surface area contributed by atoms with Crippen molar-refractivity contribution in [3.63, 3.8) is 0 Å². The summed E-state index contributed by atoms with van der Waals surface area (Å²) in [5.74, 6) is 0. The molecule has 1 heterocycles. The molecule has 17 heavy (non-hydrogen) atoms. The molecule has 1 fully saturated rings. The molecule has 0 spiro atoms. The molecule has 1 aromatic rings. The van der Waals surface area contributed by atoms with Crippen molar-refractivity contribution in [3.8, 4) is 0 Å². The van der Waals surface area contributed by atoms with Crippen molar-refractivity contribution in [2.75, 3.05) is 24.3 Å². The molecule has 1 aromatic carbocycles. The van der Waals surface area contributed by atoms with Gasteiger partial charge in [-0.15, -0.1) is 0 Å². The van der Waals surface area contributed by atoms with Gasteiger partial charge in [0, 0.05) is 24.4 Å². The van der Waals surface area contributed by atoms with Crippen LogP contribution in [0.2, 0.25) is 0 Å². The average Bonchev–Trinajstić information content (AvgIpc) is 2.30. The van der Waals surface area contributed by atoms with E-state index in [-0.39, 0.29) is 17.4 Å². The minimum Gasteiger partial charge on any atom is -0.393 e. The monoisotopic (exact) mass is 237 g/mol. The first-order valence-electron chi connectivity index (χ1n) is 5.55. The fourth-order valence-corrected chi connectivity index (χ4v) is 1.90. The van der Waals surface area contributed by atoms with E-state index < -0.39 is 4.92 Å². The van der Waals surface area contributed by atoms with Crippen molar-refractivity contribution in [1.29, 1.82) is 0 Å². The van der Waals surface area contributed by atoms with Crippen molar-refractivity contribution in [3.05, 3.63) is 28.3 Å². The Balaban J connectivity index is 2.06. The zero-order valence-corrected chi connectivity index (χ0v) is 9.39. The summed E-state index contributed by atoms with van der Waals surface area (Å²) in [6.45, 7) is 1.47. The molecule has 0 amide bonds. The molecular weight excluding hydrogens is 222 g/mol. The summed E-state index contributed by atoms with van der Waals surface area (Å²) in [5, 5.41) is 13.9. The second-order valence-electron chi connectivity index (χ2n) is 4.09. The number of anilines is 2. The zero-order valence-electron chi connectivity index (χ0n) is 9.39. The number of nitrogen functional groups attached to an aromatic ring is 1. The Kier molecular flexibility index (Phi) is 3.43. The van der Waals surface area contributed by atoms with Gasteiger partial charge in [0.2, 0.25) is 0 Å². The van der Waals surface area contributed by atoms with Crippen LogP contribution >= 0.6 is 0 Å². The summed E-state index contributed by atoms with van der Waals surface area (Å²) in [7, 11) is 0. The second-order valence-corrected chi connectivity index (χ2v) is 4.09. The maximum atomic E-state index is 10.6. The third-order valence-corrected chi connectivity index (χ3v) is 2.76. The molecule has 3 N–H and O–H groups in total. The predicted octanol–water partition coefficient (Wildman–Crippen LogP) is 1.77. The standard InChI is InChI=1S/C11H15N3O3/c12-10-6-8(3-4-11(10)14(15)16)13-9-2-1-5-17-7-9/h3-4,6,9,13H,1-2,5,7,12H2. The van der Waals surface area contributed by atoms with Crippen molar-refractivity contribution < 1.29 is 9.66 Å². The molecule has 1 atom stereocenters. The largest absolute Gasteiger partial charge is 0.393 e. The Morgan fingerprint density at radius 2 is 2.35 bits per heavy atom. The second kappa shape index (κ2) is 5.01. The number of rotatable bonds is 3. The highest BCUT2D eigenvalue weighted by molar-refractivity contribution is 5.66. The first kappa shape index (κ1) is 11.7. The van der Waals surface area contributed by atoms with Gasteiger partial charge in [0.05, 0.1) is 11.5 Å². The molecular formula is C11H15N3O3. The smallest absolute Gasteiger partial charge is 0.292 e.